The molecule has 0 bridgehead atoms. The van der Waals surface area contributed by atoms with Crippen molar-refractivity contribution in [2.24, 2.45) is 4.99 Å². The molecule has 0 fully saturated rings. The van der Waals surface area contributed by atoms with Crippen molar-refractivity contribution in [3.8, 4) is 0 Å². The highest BCUT2D eigenvalue weighted by atomic mass is 127. The van der Waals surface area contributed by atoms with E-state index in [1.165, 1.54) is 5.56 Å². The van der Waals surface area contributed by atoms with Crippen LogP contribution in [0, 0.1) is 0 Å². The van der Waals surface area contributed by atoms with Crippen molar-refractivity contribution < 1.29 is 0 Å². The number of rotatable bonds is 3. The molecular formula is C14H20IN3. The molecule has 0 radical (unpaired) electrons. The first-order chi connectivity index (χ1) is 8.38. The minimum absolute atomic E-state index is 0. The number of halogens is 1. The van der Waals surface area contributed by atoms with E-state index in [1.807, 2.05) is 25.2 Å². The second-order valence-corrected chi connectivity index (χ2v) is 4.20. The monoisotopic (exact) mass is 357 g/mol. The molecule has 2 rings (SSSR count). The topological polar surface area (TPSA) is 36.4 Å². The molecule has 0 saturated heterocycles. The van der Waals surface area contributed by atoms with E-state index in [1.54, 1.807) is 0 Å². The fourth-order valence-electron chi connectivity index (χ4n) is 1.90. The zero-order chi connectivity index (χ0) is 11.9. The molecule has 1 aromatic rings. The van der Waals surface area contributed by atoms with Gasteiger partial charge in [0.25, 0.3) is 0 Å². The highest BCUT2D eigenvalue weighted by Crippen LogP contribution is 2.08. The lowest BCUT2D eigenvalue weighted by atomic mass is 10.2. The Morgan fingerprint density at radius 2 is 1.89 bits per heavy atom. The normalized spacial score (nSPS) is 15.3. The number of nitrogens with zero attached hydrogens (tertiary/aromatic N) is 1. The molecule has 0 unspecified atom stereocenters. The summed E-state index contributed by atoms with van der Waals surface area (Å²) < 4.78 is 0. The summed E-state index contributed by atoms with van der Waals surface area (Å²) in [6, 6.07) is 10.8. The van der Waals surface area contributed by atoms with Gasteiger partial charge in [0, 0.05) is 19.6 Å². The van der Waals surface area contributed by atoms with E-state index >= 15 is 0 Å². The summed E-state index contributed by atoms with van der Waals surface area (Å²) in [5.41, 5.74) is 1.26. The molecule has 2 N–H and O–H groups in total. The van der Waals surface area contributed by atoms with E-state index < -0.39 is 0 Å². The molecule has 0 amide bonds. The van der Waals surface area contributed by atoms with Crippen LogP contribution in [-0.4, -0.2) is 19.0 Å². The fourth-order valence-corrected chi connectivity index (χ4v) is 1.90. The molecule has 98 valence electrons. The standard InChI is InChI=1S/C14H19N3.HI/c1-15-14(17-13-9-5-6-10-13)16-11-12-7-3-2-4-8-12;/h2-8,13H,9-11H2,1H3,(H2,15,16,17);1H. The summed E-state index contributed by atoms with van der Waals surface area (Å²) >= 11 is 0. The van der Waals surface area contributed by atoms with Gasteiger partial charge in [0.1, 0.15) is 0 Å². The number of nitrogens with one attached hydrogen (secondary N) is 2. The number of benzene rings is 1. The first-order valence-corrected chi connectivity index (χ1v) is 6.04. The van der Waals surface area contributed by atoms with Crippen molar-refractivity contribution in [2.45, 2.75) is 25.4 Å². The predicted molar refractivity (Wildman–Crippen MR) is 87.4 cm³/mol. The molecule has 0 aliphatic heterocycles. The molecule has 1 aromatic carbocycles. The van der Waals surface area contributed by atoms with Gasteiger partial charge in [0.15, 0.2) is 5.96 Å². The lowest BCUT2D eigenvalue weighted by molar-refractivity contribution is 0.633. The molecule has 0 atom stereocenters. The van der Waals surface area contributed by atoms with Crippen LogP contribution in [-0.2, 0) is 6.54 Å². The molecule has 0 aromatic heterocycles. The van der Waals surface area contributed by atoms with Gasteiger partial charge in [-0.05, 0) is 18.4 Å². The number of guanidine groups is 1. The Morgan fingerprint density at radius 1 is 1.22 bits per heavy atom. The van der Waals surface area contributed by atoms with Crippen LogP contribution in [0.15, 0.2) is 47.5 Å². The maximum atomic E-state index is 4.23. The van der Waals surface area contributed by atoms with E-state index in [0.717, 1.165) is 25.3 Å². The van der Waals surface area contributed by atoms with Gasteiger partial charge in [-0.3, -0.25) is 4.99 Å². The van der Waals surface area contributed by atoms with Gasteiger partial charge >= 0.3 is 0 Å². The Labute approximate surface area is 126 Å². The summed E-state index contributed by atoms with van der Waals surface area (Å²) in [5.74, 6) is 0.877. The summed E-state index contributed by atoms with van der Waals surface area (Å²) in [7, 11) is 1.81. The van der Waals surface area contributed by atoms with Crippen LogP contribution in [0.3, 0.4) is 0 Å². The third-order valence-corrected chi connectivity index (χ3v) is 2.88. The summed E-state index contributed by atoms with van der Waals surface area (Å²) in [4.78, 5) is 4.23. The fraction of sp³-hybridized carbons (Fsp3) is 0.357. The Hall–Kier alpha value is -1.04. The van der Waals surface area contributed by atoms with Gasteiger partial charge in [0.05, 0.1) is 0 Å². The van der Waals surface area contributed by atoms with Gasteiger partial charge in [-0.2, -0.15) is 0 Å². The average Bonchev–Trinajstić information content (AvgIpc) is 2.88. The van der Waals surface area contributed by atoms with E-state index in [9.17, 15) is 0 Å². The third-order valence-electron chi connectivity index (χ3n) is 2.88. The zero-order valence-electron chi connectivity index (χ0n) is 10.6. The van der Waals surface area contributed by atoms with Crippen molar-refractivity contribution in [2.75, 3.05) is 7.05 Å². The Morgan fingerprint density at radius 3 is 2.50 bits per heavy atom. The lowest BCUT2D eigenvalue weighted by Gasteiger charge is -2.16. The Bertz CT molecular complexity index is 393. The predicted octanol–water partition coefficient (Wildman–Crippen LogP) is 2.69. The Kier molecular flexibility index (Phi) is 6.78. The molecule has 1 aliphatic rings. The minimum atomic E-state index is 0. The van der Waals surface area contributed by atoms with E-state index in [0.29, 0.717) is 6.04 Å². The smallest absolute Gasteiger partial charge is 0.191 e. The van der Waals surface area contributed by atoms with Crippen molar-refractivity contribution in [3.05, 3.63) is 48.0 Å². The second-order valence-electron chi connectivity index (χ2n) is 4.20. The molecule has 0 saturated carbocycles. The maximum absolute atomic E-state index is 4.23. The largest absolute Gasteiger partial charge is 0.353 e. The van der Waals surface area contributed by atoms with Crippen LogP contribution in [0.4, 0.5) is 0 Å². The van der Waals surface area contributed by atoms with Gasteiger partial charge < -0.3 is 10.6 Å². The van der Waals surface area contributed by atoms with E-state index in [-0.39, 0.29) is 24.0 Å². The third kappa shape index (κ3) is 4.68. The molecule has 18 heavy (non-hydrogen) atoms. The lowest BCUT2D eigenvalue weighted by Crippen LogP contribution is -2.42. The van der Waals surface area contributed by atoms with E-state index in [4.69, 9.17) is 0 Å². The number of hydrogen-bond donors (Lipinski definition) is 2. The first-order valence-electron chi connectivity index (χ1n) is 6.04. The quantitative estimate of drug-likeness (QED) is 0.378. The summed E-state index contributed by atoms with van der Waals surface area (Å²) in [6.07, 6.45) is 6.60. The van der Waals surface area contributed by atoms with Crippen LogP contribution in [0.25, 0.3) is 0 Å². The van der Waals surface area contributed by atoms with Crippen molar-refractivity contribution in [1.29, 1.82) is 0 Å². The van der Waals surface area contributed by atoms with Gasteiger partial charge in [-0.1, -0.05) is 42.5 Å². The van der Waals surface area contributed by atoms with Crippen molar-refractivity contribution in [1.82, 2.24) is 10.6 Å². The van der Waals surface area contributed by atoms with Crippen LogP contribution < -0.4 is 10.6 Å². The van der Waals surface area contributed by atoms with Gasteiger partial charge in [0.2, 0.25) is 0 Å². The maximum Gasteiger partial charge on any atom is 0.191 e. The SMILES string of the molecule is CN=C(NCc1ccccc1)NC1CC=CC1.I. The minimum Gasteiger partial charge on any atom is -0.353 e. The Balaban J connectivity index is 0.00000162. The molecule has 1 aliphatic carbocycles. The van der Waals surface area contributed by atoms with Gasteiger partial charge in [-0.15, -0.1) is 24.0 Å². The summed E-state index contributed by atoms with van der Waals surface area (Å²) in [6.45, 7) is 0.806. The summed E-state index contributed by atoms with van der Waals surface area (Å²) in [5, 5.41) is 6.74. The number of hydrogen-bond acceptors (Lipinski definition) is 1. The van der Waals surface area contributed by atoms with Gasteiger partial charge in [-0.25, -0.2) is 0 Å². The average molecular weight is 357 g/mol. The second kappa shape index (κ2) is 8.13. The van der Waals surface area contributed by atoms with E-state index in [2.05, 4.69) is 39.9 Å². The highest BCUT2D eigenvalue weighted by Gasteiger charge is 2.11. The van der Waals surface area contributed by atoms with Crippen molar-refractivity contribution >= 4 is 29.9 Å². The zero-order valence-corrected chi connectivity index (χ0v) is 12.9. The van der Waals surface area contributed by atoms with Crippen molar-refractivity contribution in [3.63, 3.8) is 0 Å². The van der Waals surface area contributed by atoms with Crippen LogP contribution in [0.1, 0.15) is 18.4 Å². The van der Waals surface area contributed by atoms with Crippen LogP contribution >= 0.6 is 24.0 Å². The molecular weight excluding hydrogens is 337 g/mol. The molecule has 3 nitrogen and oxygen atoms in total. The molecule has 4 heteroatoms. The molecule has 0 spiro atoms. The van der Waals surface area contributed by atoms with Crippen LogP contribution in [0.2, 0.25) is 0 Å². The molecule has 0 heterocycles. The van der Waals surface area contributed by atoms with Crippen LogP contribution in [0.5, 0.6) is 0 Å². The first kappa shape index (κ1) is 15.0. The highest BCUT2D eigenvalue weighted by molar-refractivity contribution is 14.0. The number of aliphatic imine (C=N–C) groups is 1.